The maximum absolute atomic E-state index is 13.6. The number of carboxylic acids is 1. The summed E-state index contributed by atoms with van der Waals surface area (Å²) in [6, 6.07) is 9.68. The monoisotopic (exact) mass is 675 g/mol. The summed E-state index contributed by atoms with van der Waals surface area (Å²) in [7, 11) is -10.1. The fourth-order valence-electron chi connectivity index (χ4n) is 4.44. The van der Waals surface area contributed by atoms with E-state index >= 15 is 0 Å². The Morgan fingerprint density at radius 1 is 0.800 bits per heavy atom. The highest BCUT2D eigenvalue weighted by atomic mass is 35.5. The van der Waals surface area contributed by atoms with Gasteiger partial charge in [0.25, 0.3) is 20.2 Å². The first-order valence-electron chi connectivity index (χ1n) is 12.2. The summed E-state index contributed by atoms with van der Waals surface area (Å²) in [5.74, 6) is -3.28. The molecule has 1 heterocycles. The molecule has 1 aromatic heterocycles. The second-order valence-corrected chi connectivity index (χ2v) is 12.3. The Bertz CT molecular complexity index is 2180. The van der Waals surface area contributed by atoms with Crippen molar-refractivity contribution in [1.29, 1.82) is 0 Å². The zero-order valence-corrected chi connectivity index (χ0v) is 24.5. The molecule has 45 heavy (non-hydrogen) atoms. The van der Waals surface area contributed by atoms with Gasteiger partial charge in [-0.1, -0.05) is 24.3 Å². The zero-order chi connectivity index (χ0) is 32.8. The zero-order valence-electron chi connectivity index (χ0n) is 22.1. The highest BCUT2D eigenvalue weighted by Crippen LogP contribution is 2.41. The van der Waals surface area contributed by atoms with Crippen LogP contribution in [-0.2, 0) is 25.0 Å². The minimum absolute atomic E-state index is 0.0418. The van der Waals surface area contributed by atoms with Crippen molar-refractivity contribution < 1.29 is 45.4 Å². The third-order valence-electron chi connectivity index (χ3n) is 6.27. The van der Waals surface area contributed by atoms with Crippen LogP contribution in [0.5, 0.6) is 0 Å². The number of nitrogens with two attached hydrogens (primary N) is 1. The first kappa shape index (κ1) is 31.2. The fourth-order valence-corrected chi connectivity index (χ4v) is 5.92. The number of hydrogen-bond donors (Lipinski definition) is 7. The molecule has 8 N–H and O–H groups in total. The van der Waals surface area contributed by atoms with Crippen LogP contribution in [0.4, 0.5) is 34.6 Å². The average molecular weight is 676 g/mol. The number of nitrogen functional groups attached to an aromatic ring is 1. The van der Waals surface area contributed by atoms with Crippen LogP contribution in [0.3, 0.4) is 0 Å². The van der Waals surface area contributed by atoms with Gasteiger partial charge in [-0.2, -0.15) is 31.8 Å². The van der Waals surface area contributed by atoms with Crippen molar-refractivity contribution in [2.45, 2.75) is 9.79 Å². The van der Waals surface area contributed by atoms with Crippen LogP contribution in [0.25, 0.3) is 0 Å². The largest absolute Gasteiger partial charge is 0.480 e. The predicted octanol–water partition coefficient (Wildman–Crippen LogP) is 2.36. The molecule has 0 fully saturated rings. The number of rotatable bonds is 9. The van der Waals surface area contributed by atoms with E-state index in [0.29, 0.717) is 0 Å². The van der Waals surface area contributed by atoms with Crippen LogP contribution in [0.15, 0.2) is 58.3 Å². The highest BCUT2D eigenvalue weighted by molar-refractivity contribution is 7.86. The van der Waals surface area contributed by atoms with Crippen molar-refractivity contribution in [3.8, 4) is 0 Å². The molecule has 5 rings (SSSR count). The number of halogens is 1. The van der Waals surface area contributed by atoms with E-state index in [0.717, 1.165) is 18.2 Å². The molecule has 0 aliphatic heterocycles. The number of benzene rings is 3. The van der Waals surface area contributed by atoms with Crippen LogP contribution in [0.1, 0.15) is 31.8 Å². The molecule has 0 atom stereocenters. The Labute approximate surface area is 258 Å². The summed E-state index contributed by atoms with van der Waals surface area (Å²) < 4.78 is 69.1. The van der Waals surface area contributed by atoms with Crippen molar-refractivity contribution >= 4 is 84.0 Å². The molecule has 0 bridgehead atoms. The number of aliphatic carboxylic acids is 1. The summed E-state index contributed by atoms with van der Waals surface area (Å²) in [5, 5.41) is 16.1. The maximum atomic E-state index is 13.6. The Kier molecular flexibility index (Phi) is 7.89. The molecular formula is C25H18ClN7O10S2. The minimum Gasteiger partial charge on any atom is -0.480 e. The standard InChI is InChI=1S/C25H18ClN7O10S2/c26-23-31-24(28-9-17(34)35)33-25(32-23)29-10-5-6-13(15(7-10)44(38,39)40)30-14-8-16(45(41,42)43)20(27)19-18(14)21(36)11-3-1-2-4-12(11)22(19)37/h1-8,30H,9,27H2,(H,34,35)(H,38,39,40)(H,41,42,43)(H2,28,29,31,32,33). The maximum Gasteiger partial charge on any atom is 0.322 e. The molecule has 17 nitrogen and oxygen atoms in total. The molecule has 0 saturated carbocycles. The number of carbonyl (C=O) groups is 3. The van der Waals surface area contributed by atoms with E-state index in [2.05, 4.69) is 30.9 Å². The van der Waals surface area contributed by atoms with Gasteiger partial charge in [-0.15, -0.1) is 0 Å². The number of fused-ring (bicyclic) bond motifs is 2. The molecule has 1 aliphatic rings. The van der Waals surface area contributed by atoms with Crippen molar-refractivity contribution in [1.82, 2.24) is 15.0 Å². The summed E-state index contributed by atoms with van der Waals surface area (Å²) in [5.41, 5.74) is 3.33. The van der Waals surface area contributed by atoms with Gasteiger partial charge in [0.15, 0.2) is 11.6 Å². The van der Waals surface area contributed by atoms with E-state index in [9.17, 15) is 40.3 Å². The van der Waals surface area contributed by atoms with Gasteiger partial charge in [0.1, 0.15) is 16.3 Å². The lowest BCUT2D eigenvalue weighted by atomic mass is 9.82. The van der Waals surface area contributed by atoms with E-state index in [1.165, 1.54) is 30.3 Å². The van der Waals surface area contributed by atoms with Crippen molar-refractivity contribution in [3.05, 3.63) is 76.1 Å². The Hall–Kier alpha value is -5.21. The topological polar surface area (TPSA) is 281 Å². The first-order valence-corrected chi connectivity index (χ1v) is 15.5. The molecule has 4 aromatic rings. The van der Waals surface area contributed by atoms with Crippen LogP contribution < -0.4 is 21.7 Å². The number of carboxylic acid groups (broad SMARTS) is 1. The van der Waals surface area contributed by atoms with Gasteiger partial charge in [0.2, 0.25) is 17.2 Å². The summed E-state index contributed by atoms with van der Waals surface area (Å²) in [6.45, 7) is -0.555. The van der Waals surface area contributed by atoms with Gasteiger partial charge in [0, 0.05) is 16.8 Å². The highest BCUT2D eigenvalue weighted by Gasteiger charge is 2.36. The molecule has 0 saturated heterocycles. The molecule has 0 unspecified atom stereocenters. The normalized spacial score (nSPS) is 12.7. The number of hydrogen-bond acceptors (Lipinski definition) is 14. The quantitative estimate of drug-likeness (QED) is 0.0871. The van der Waals surface area contributed by atoms with E-state index in [1.807, 2.05) is 0 Å². The van der Waals surface area contributed by atoms with Crippen molar-refractivity contribution in [3.63, 3.8) is 0 Å². The fraction of sp³-hybridized carbons (Fsp3) is 0.0400. The molecule has 3 aromatic carbocycles. The third-order valence-corrected chi connectivity index (χ3v) is 8.22. The smallest absolute Gasteiger partial charge is 0.322 e. The summed E-state index contributed by atoms with van der Waals surface area (Å²) in [4.78, 5) is 47.5. The number of aromatic nitrogens is 3. The van der Waals surface area contributed by atoms with Gasteiger partial charge in [-0.05, 0) is 35.9 Å². The minimum atomic E-state index is -5.07. The second-order valence-electron chi connectivity index (χ2n) is 9.20. The van der Waals surface area contributed by atoms with Gasteiger partial charge in [-0.25, -0.2) is 0 Å². The van der Waals surface area contributed by atoms with Crippen LogP contribution >= 0.6 is 11.6 Å². The Morgan fingerprint density at radius 2 is 1.40 bits per heavy atom. The second kappa shape index (κ2) is 11.4. The Morgan fingerprint density at radius 3 is 2.00 bits per heavy atom. The number of anilines is 6. The number of ketones is 2. The molecular weight excluding hydrogens is 658 g/mol. The van der Waals surface area contributed by atoms with Crippen LogP contribution in [0.2, 0.25) is 5.28 Å². The van der Waals surface area contributed by atoms with E-state index in [1.54, 1.807) is 0 Å². The van der Waals surface area contributed by atoms with Crippen LogP contribution in [-0.4, -0.2) is 70.1 Å². The molecule has 1 aliphatic carbocycles. The lowest BCUT2D eigenvalue weighted by molar-refractivity contribution is -0.134. The van der Waals surface area contributed by atoms with Crippen molar-refractivity contribution in [2.75, 3.05) is 28.2 Å². The predicted molar refractivity (Wildman–Crippen MR) is 158 cm³/mol. The van der Waals surface area contributed by atoms with Gasteiger partial charge < -0.3 is 26.8 Å². The molecule has 0 amide bonds. The van der Waals surface area contributed by atoms with E-state index in [-0.39, 0.29) is 34.0 Å². The first-order chi connectivity index (χ1) is 21.0. The number of nitrogens with zero attached hydrogens (tertiary/aromatic N) is 3. The molecule has 0 spiro atoms. The number of carbonyl (C=O) groups excluding carboxylic acids is 2. The average Bonchev–Trinajstić information content (AvgIpc) is 2.94. The molecule has 0 radical (unpaired) electrons. The molecule has 232 valence electrons. The van der Waals surface area contributed by atoms with E-state index < -0.39 is 82.3 Å². The lowest BCUT2D eigenvalue weighted by Crippen LogP contribution is -2.25. The van der Waals surface area contributed by atoms with Gasteiger partial charge in [0.05, 0.1) is 28.2 Å². The van der Waals surface area contributed by atoms with E-state index in [4.69, 9.17) is 22.4 Å². The lowest BCUT2D eigenvalue weighted by Gasteiger charge is -2.24. The summed E-state index contributed by atoms with van der Waals surface area (Å²) >= 11 is 5.86. The van der Waals surface area contributed by atoms with Crippen molar-refractivity contribution in [2.24, 2.45) is 0 Å². The molecule has 20 heteroatoms. The number of nitrogens with one attached hydrogen (secondary N) is 3. The Balaban J connectivity index is 1.61. The van der Waals surface area contributed by atoms with Gasteiger partial charge >= 0.3 is 5.97 Å². The summed E-state index contributed by atoms with van der Waals surface area (Å²) in [6.07, 6.45) is 0. The SMILES string of the molecule is Nc1c(S(=O)(=O)O)cc(Nc2ccc(Nc3nc(Cl)nc(NCC(=O)O)n3)cc2S(=O)(=O)O)c2c1C(=O)c1ccccc1C2=O. The van der Waals surface area contributed by atoms with Gasteiger partial charge in [-0.3, -0.25) is 23.5 Å². The third kappa shape index (κ3) is 6.23. The van der Waals surface area contributed by atoms with Crippen LogP contribution in [0, 0.1) is 0 Å².